The van der Waals surface area contributed by atoms with E-state index in [-0.39, 0.29) is 42.2 Å². The molecule has 0 saturated carbocycles. The van der Waals surface area contributed by atoms with E-state index in [1.54, 1.807) is 17.5 Å². The molecule has 44 heavy (non-hydrogen) atoms. The van der Waals surface area contributed by atoms with Crippen molar-refractivity contribution in [1.29, 1.82) is 0 Å². The molecule has 5 nitrogen and oxygen atoms in total. The molecule has 0 N–H and O–H groups in total. The van der Waals surface area contributed by atoms with Crippen LogP contribution in [0.4, 0.5) is 33.3 Å². The minimum absolute atomic E-state index is 0. The summed E-state index contributed by atoms with van der Waals surface area (Å²) in [7, 11) is 3.83. The van der Waals surface area contributed by atoms with Crippen molar-refractivity contribution in [2.24, 2.45) is 5.10 Å². The quantitative estimate of drug-likeness (QED) is 0.0924. The number of hydrogen-bond acceptors (Lipinski definition) is 4. The number of aromatic nitrogens is 2. The summed E-state index contributed by atoms with van der Waals surface area (Å²) in [5, 5.41) is 5.80. The molecule has 0 amide bonds. The molecule has 5 rings (SSSR count). The van der Waals surface area contributed by atoms with E-state index < -0.39 is 29.8 Å². The first kappa shape index (κ1) is 34.4. The third-order valence-corrected chi connectivity index (χ3v) is 6.80. The summed E-state index contributed by atoms with van der Waals surface area (Å²) in [5.74, 6) is -1.75. The molecule has 1 aliphatic rings. The van der Waals surface area contributed by atoms with E-state index in [4.69, 9.17) is 0 Å². The zero-order chi connectivity index (χ0) is 31.7. The number of anilines is 2. The van der Waals surface area contributed by atoms with Gasteiger partial charge in [-0.05, 0) is 35.0 Å². The molecule has 235 valence electrons. The number of benzene rings is 2. The predicted molar refractivity (Wildman–Crippen MR) is 159 cm³/mol. The van der Waals surface area contributed by atoms with Crippen LogP contribution in [0.3, 0.4) is 0 Å². The van der Waals surface area contributed by atoms with E-state index in [0.29, 0.717) is 11.4 Å². The first-order valence-corrected chi connectivity index (χ1v) is 13.2. The fourth-order valence-corrected chi connectivity index (χ4v) is 4.44. The summed E-state index contributed by atoms with van der Waals surface area (Å²) in [4.78, 5) is 5.06. The Morgan fingerprint density at radius 2 is 1.52 bits per heavy atom. The van der Waals surface area contributed by atoms with Gasteiger partial charge in [0, 0.05) is 32.8 Å². The SMILES string of the molecule is [CH2-]c1cc(C(F)(F)F)ccc1N1N=CN(c2ccccc2)C1[CH2-].[CH2-]c1cc(F)nc(F)c1-c1cc(C(C)(C)C)cc[n+]1[CH2-].[Ir]. The van der Waals surface area contributed by atoms with Gasteiger partial charge in [0.1, 0.15) is 6.34 Å². The Hall–Kier alpha value is -4.08. The van der Waals surface area contributed by atoms with Gasteiger partial charge in [-0.2, -0.15) is 47.6 Å². The minimum Gasteiger partial charge on any atom is -0.343 e. The van der Waals surface area contributed by atoms with Crippen LogP contribution in [0.15, 0.2) is 78.0 Å². The summed E-state index contributed by atoms with van der Waals surface area (Å²) >= 11 is 0. The molecule has 0 fully saturated rings. The molecular weight excluding hydrogens is 754 g/mol. The van der Waals surface area contributed by atoms with Gasteiger partial charge in [-0.1, -0.05) is 74.4 Å². The zero-order valence-corrected chi connectivity index (χ0v) is 26.8. The summed E-state index contributed by atoms with van der Waals surface area (Å²) in [6.07, 6.45) is -1.45. The minimum atomic E-state index is -4.39. The average Bonchev–Trinajstić information content (AvgIpc) is 3.29. The number of para-hydroxylation sites is 1. The summed E-state index contributed by atoms with van der Waals surface area (Å²) in [5.41, 5.74) is 2.79. The summed E-state index contributed by atoms with van der Waals surface area (Å²) in [6.45, 7) is 17.6. The van der Waals surface area contributed by atoms with Crippen LogP contribution in [-0.4, -0.2) is 17.5 Å². The van der Waals surface area contributed by atoms with Gasteiger partial charge in [0.25, 0.3) is 0 Å². The molecule has 1 radical (unpaired) electrons. The molecule has 2 aromatic carbocycles. The van der Waals surface area contributed by atoms with Crippen LogP contribution in [0.1, 0.15) is 43.0 Å². The van der Waals surface area contributed by atoms with E-state index in [1.807, 2.05) is 47.4 Å². The molecule has 0 spiro atoms. The molecule has 0 saturated heterocycles. The number of hydrazone groups is 1. The van der Waals surface area contributed by atoms with E-state index >= 15 is 0 Å². The molecule has 11 heteroatoms. The van der Waals surface area contributed by atoms with Crippen molar-refractivity contribution in [2.75, 3.05) is 9.91 Å². The Morgan fingerprint density at radius 1 is 0.864 bits per heavy atom. The number of rotatable bonds is 3. The topological polar surface area (TPSA) is 35.6 Å². The maximum Gasteiger partial charge on any atom is 0.405 e. The summed E-state index contributed by atoms with van der Waals surface area (Å²) < 4.78 is 66.8. The van der Waals surface area contributed by atoms with E-state index in [0.717, 1.165) is 29.4 Å². The second kappa shape index (κ2) is 13.3. The van der Waals surface area contributed by atoms with Crippen LogP contribution in [0, 0.1) is 39.7 Å². The number of pyridine rings is 2. The summed E-state index contributed by atoms with van der Waals surface area (Å²) in [6, 6.07) is 17.8. The maximum atomic E-state index is 14.0. The Kier molecular flexibility index (Phi) is 10.4. The van der Waals surface area contributed by atoms with Gasteiger partial charge in [-0.15, -0.1) is 12.1 Å². The van der Waals surface area contributed by atoms with Crippen LogP contribution in [0.25, 0.3) is 11.3 Å². The first-order chi connectivity index (χ1) is 20.1. The predicted octanol–water partition coefficient (Wildman–Crippen LogP) is 7.75. The standard InChI is InChI=1S/C17H14F3N3.C16H17F2N2.Ir/c1-12-10-14(17(18,19)20)8-9-16(12)23-13(2)22(11-21-23)15-6-4-3-5-7-15;1-10-8-13(17)19-15(18)14(10)12-9-11(16(2,3)4)6-7-20(12)5;/h3-11,13H,1-2H2;6-9H,1,5H2,2-4H3;/q-2;-1;. The second-order valence-corrected chi connectivity index (χ2v) is 10.9. The molecule has 0 aliphatic carbocycles. The molecule has 3 heterocycles. The van der Waals surface area contributed by atoms with Gasteiger partial charge in [0.05, 0.1) is 11.9 Å². The van der Waals surface area contributed by atoms with E-state index in [1.165, 1.54) is 10.6 Å². The monoisotopic (exact) mass is 785 g/mol. The Bertz CT molecular complexity index is 1610. The molecular formula is C33H31F5IrN5-3. The number of halogens is 5. The Morgan fingerprint density at radius 3 is 2.09 bits per heavy atom. The third kappa shape index (κ3) is 7.52. The van der Waals surface area contributed by atoms with Crippen LogP contribution in [0.2, 0.25) is 0 Å². The van der Waals surface area contributed by atoms with Gasteiger partial charge in [-0.25, -0.2) is 9.37 Å². The van der Waals surface area contributed by atoms with Gasteiger partial charge < -0.3 is 21.4 Å². The number of nitrogens with zero attached hydrogens (tertiary/aromatic N) is 5. The molecule has 1 aliphatic heterocycles. The third-order valence-electron chi connectivity index (χ3n) is 6.80. The van der Waals surface area contributed by atoms with Crippen LogP contribution >= 0.6 is 0 Å². The van der Waals surface area contributed by atoms with Crippen molar-refractivity contribution < 1.29 is 46.6 Å². The Labute approximate surface area is 268 Å². The van der Waals surface area contributed by atoms with Crippen LogP contribution in [-0.2, 0) is 31.7 Å². The van der Waals surface area contributed by atoms with Crippen LogP contribution < -0.4 is 14.5 Å². The Balaban J connectivity index is 0.000000238. The molecule has 1 unspecified atom stereocenters. The van der Waals surface area contributed by atoms with Gasteiger partial charge in [-0.3, -0.25) is 0 Å². The smallest absolute Gasteiger partial charge is 0.343 e. The van der Waals surface area contributed by atoms with Crippen molar-refractivity contribution in [3.63, 3.8) is 0 Å². The van der Waals surface area contributed by atoms with Crippen molar-refractivity contribution in [3.8, 4) is 11.3 Å². The fraction of sp³-hybridized carbons (Fsp3) is 0.182. The average molecular weight is 785 g/mol. The molecule has 0 bridgehead atoms. The number of alkyl halides is 3. The normalized spacial score (nSPS) is 14.6. The number of hydrogen-bond donors (Lipinski definition) is 0. The van der Waals surface area contributed by atoms with Gasteiger partial charge in [0.15, 0.2) is 11.9 Å². The largest absolute Gasteiger partial charge is 0.405 e. The zero-order valence-electron chi connectivity index (χ0n) is 24.4. The second-order valence-electron chi connectivity index (χ2n) is 10.9. The van der Waals surface area contributed by atoms with Gasteiger partial charge >= 0.3 is 6.18 Å². The fourth-order valence-electron chi connectivity index (χ4n) is 4.44. The maximum absolute atomic E-state index is 14.0. The van der Waals surface area contributed by atoms with Crippen molar-refractivity contribution in [3.05, 3.63) is 135 Å². The molecule has 2 aromatic heterocycles. The molecule has 4 aromatic rings. The van der Waals surface area contributed by atoms with Gasteiger partial charge in [0.2, 0.25) is 0 Å². The van der Waals surface area contributed by atoms with Crippen molar-refractivity contribution >= 4 is 17.7 Å². The van der Waals surface area contributed by atoms with E-state index in [9.17, 15) is 22.0 Å². The van der Waals surface area contributed by atoms with Crippen LogP contribution in [0.5, 0.6) is 0 Å². The van der Waals surface area contributed by atoms with Crippen molar-refractivity contribution in [1.82, 2.24) is 4.98 Å². The van der Waals surface area contributed by atoms with E-state index in [2.05, 4.69) is 58.7 Å². The molecule has 1 atom stereocenters. The first-order valence-electron chi connectivity index (χ1n) is 13.2. The van der Waals surface area contributed by atoms with Crippen molar-refractivity contribution in [2.45, 2.75) is 38.5 Å².